The van der Waals surface area contributed by atoms with Crippen LogP contribution in [0.2, 0.25) is 0 Å². The van der Waals surface area contributed by atoms with Gasteiger partial charge in [0.2, 0.25) is 5.91 Å². The van der Waals surface area contributed by atoms with Crippen molar-refractivity contribution in [2.75, 3.05) is 44.7 Å². The molecule has 1 fully saturated rings. The summed E-state index contributed by atoms with van der Waals surface area (Å²) in [5, 5.41) is 13.6. The van der Waals surface area contributed by atoms with Crippen molar-refractivity contribution in [2.24, 2.45) is 0 Å². The highest BCUT2D eigenvalue weighted by Gasteiger charge is 2.23. The number of nitro groups is 1. The number of carbonyl (C=O) groups is 2. The zero-order valence-electron chi connectivity index (χ0n) is 17.0. The monoisotopic (exact) mass is 412 g/mol. The molecule has 0 atom stereocenters. The van der Waals surface area contributed by atoms with E-state index < -0.39 is 10.8 Å². The summed E-state index contributed by atoms with van der Waals surface area (Å²) in [6.45, 7) is 4.45. The lowest BCUT2D eigenvalue weighted by Gasteiger charge is -2.36. The molecule has 1 aliphatic heterocycles. The van der Waals surface area contributed by atoms with Crippen LogP contribution >= 0.6 is 0 Å². The highest BCUT2D eigenvalue weighted by molar-refractivity contribution is 5.97. The molecule has 1 heterocycles. The summed E-state index contributed by atoms with van der Waals surface area (Å²) in [5.41, 5.74) is 2.12. The van der Waals surface area contributed by atoms with Gasteiger partial charge in [0, 0.05) is 43.5 Å². The molecule has 0 saturated carbocycles. The minimum Gasteiger partial charge on any atom is -0.490 e. The van der Waals surface area contributed by atoms with Crippen molar-refractivity contribution in [3.05, 3.63) is 63.7 Å². The number of rotatable bonds is 6. The number of hydrogen-bond acceptors (Lipinski definition) is 6. The van der Waals surface area contributed by atoms with Crippen LogP contribution in [0.3, 0.4) is 0 Å². The van der Waals surface area contributed by atoms with Crippen molar-refractivity contribution >= 4 is 23.2 Å². The molecule has 0 radical (unpaired) electrons. The van der Waals surface area contributed by atoms with E-state index in [2.05, 4.69) is 22.3 Å². The minimum absolute atomic E-state index is 0.0686. The van der Waals surface area contributed by atoms with E-state index in [0.717, 1.165) is 11.8 Å². The van der Waals surface area contributed by atoms with Crippen LogP contribution < -0.4 is 15.0 Å². The number of hydrogen-bond donors (Lipinski definition) is 1. The zero-order chi connectivity index (χ0) is 21.7. The lowest BCUT2D eigenvalue weighted by Crippen LogP contribution is -2.51. The summed E-state index contributed by atoms with van der Waals surface area (Å²) in [6.07, 6.45) is 0. The first-order valence-electron chi connectivity index (χ1n) is 9.59. The number of benzene rings is 2. The second-order valence-corrected chi connectivity index (χ2v) is 7.03. The standard InChI is InChI=1S/C21H24N4O5/c1-15-4-3-5-17(12-15)23-8-10-24(11-9-23)20(26)14-22-21(27)16-6-7-19(30-2)18(13-16)25(28)29/h3-7,12-13H,8-11,14H2,1-2H3,(H,22,27). The lowest BCUT2D eigenvalue weighted by molar-refractivity contribution is -0.385. The number of carbonyl (C=O) groups excluding carboxylic acids is 2. The Kier molecular flexibility index (Phi) is 6.51. The Morgan fingerprint density at radius 1 is 1.13 bits per heavy atom. The zero-order valence-corrected chi connectivity index (χ0v) is 17.0. The summed E-state index contributed by atoms with van der Waals surface area (Å²) >= 11 is 0. The fraction of sp³-hybridized carbons (Fsp3) is 0.333. The molecule has 158 valence electrons. The number of anilines is 1. The van der Waals surface area contributed by atoms with Crippen LogP contribution in [0.5, 0.6) is 5.75 Å². The van der Waals surface area contributed by atoms with Crippen LogP contribution in [0.1, 0.15) is 15.9 Å². The fourth-order valence-electron chi connectivity index (χ4n) is 3.38. The van der Waals surface area contributed by atoms with Crippen molar-refractivity contribution in [3.63, 3.8) is 0 Å². The first-order valence-corrected chi connectivity index (χ1v) is 9.59. The van der Waals surface area contributed by atoms with Gasteiger partial charge in [0.05, 0.1) is 18.6 Å². The van der Waals surface area contributed by atoms with E-state index in [4.69, 9.17) is 4.74 Å². The van der Waals surface area contributed by atoms with Crippen molar-refractivity contribution in [2.45, 2.75) is 6.92 Å². The number of methoxy groups -OCH3 is 1. The second kappa shape index (κ2) is 9.25. The summed E-state index contributed by atoms with van der Waals surface area (Å²) in [4.78, 5) is 39.2. The topological polar surface area (TPSA) is 105 Å². The van der Waals surface area contributed by atoms with Crippen molar-refractivity contribution in [3.8, 4) is 5.75 Å². The van der Waals surface area contributed by atoms with Gasteiger partial charge in [-0.25, -0.2) is 0 Å². The van der Waals surface area contributed by atoms with Crippen LogP contribution in [0, 0.1) is 17.0 Å². The van der Waals surface area contributed by atoms with Crippen LogP contribution in [0.4, 0.5) is 11.4 Å². The van der Waals surface area contributed by atoms with E-state index in [0.29, 0.717) is 26.2 Å². The van der Waals surface area contributed by atoms with Gasteiger partial charge in [0.1, 0.15) is 0 Å². The number of amides is 2. The van der Waals surface area contributed by atoms with Crippen molar-refractivity contribution in [1.29, 1.82) is 0 Å². The number of ether oxygens (including phenoxy) is 1. The third kappa shape index (κ3) is 4.86. The van der Waals surface area contributed by atoms with Crippen LogP contribution in [-0.4, -0.2) is 61.5 Å². The van der Waals surface area contributed by atoms with E-state index in [1.54, 1.807) is 4.90 Å². The van der Waals surface area contributed by atoms with Crippen molar-refractivity contribution in [1.82, 2.24) is 10.2 Å². The molecule has 1 saturated heterocycles. The molecule has 2 amide bonds. The maximum absolute atomic E-state index is 12.5. The maximum atomic E-state index is 12.5. The van der Waals surface area contributed by atoms with Gasteiger partial charge in [-0.05, 0) is 36.8 Å². The molecule has 0 aromatic heterocycles. The molecule has 0 aliphatic carbocycles. The Hall–Kier alpha value is -3.62. The molecule has 2 aromatic carbocycles. The number of nitrogens with one attached hydrogen (secondary N) is 1. The van der Waals surface area contributed by atoms with Gasteiger partial charge in [0.25, 0.3) is 5.91 Å². The molecule has 9 nitrogen and oxygen atoms in total. The van der Waals surface area contributed by atoms with Gasteiger partial charge < -0.3 is 19.9 Å². The molecule has 9 heteroatoms. The van der Waals surface area contributed by atoms with Crippen LogP contribution in [0.25, 0.3) is 0 Å². The third-order valence-electron chi connectivity index (χ3n) is 5.04. The molecule has 0 bridgehead atoms. The number of nitrogens with zero attached hydrogens (tertiary/aromatic N) is 3. The summed E-state index contributed by atoms with van der Waals surface area (Å²) < 4.78 is 4.93. The molecule has 1 aliphatic rings. The first kappa shape index (κ1) is 21.1. The average molecular weight is 412 g/mol. The third-order valence-corrected chi connectivity index (χ3v) is 5.04. The summed E-state index contributed by atoms with van der Waals surface area (Å²) in [7, 11) is 1.32. The molecule has 1 N–H and O–H groups in total. The predicted molar refractivity (Wildman–Crippen MR) is 112 cm³/mol. The molecule has 30 heavy (non-hydrogen) atoms. The molecule has 2 aromatic rings. The molecule has 0 unspecified atom stereocenters. The van der Waals surface area contributed by atoms with E-state index in [1.165, 1.54) is 24.8 Å². The highest BCUT2D eigenvalue weighted by atomic mass is 16.6. The van der Waals surface area contributed by atoms with Gasteiger partial charge in [-0.3, -0.25) is 19.7 Å². The Bertz CT molecular complexity index is 954. The maximum Gasteiger partial charge on any atom is 0.311 e. The smallest absolute Gasteiger partial charge is 0.311 e. The fourth-order valence-corrected chi connectivity index (χ4v) is 3.38. The van der Waals surface area contributed by atoms with Gasteiger partial charge in [-0.2, -0.15) is 0 Å². The highest BCUT2D eigenvalue weighted by Crippen LogP contribution is 2.27. The second-order valence-electron chi connectivity index (χ2n) is 7.03. The molecule has 3 rings (SSSR count). The van der Waals surface area contributed by atoms with Gasteiger partial charge in [-0.15, -0.1) is 0 Å². The molecule has 0 spiro atoms. The summed E-state index contributed by atoms with van der Waals surface area (Å²) in [6, 6.07) is 12.2. The first-order chi connectivity index (χ1) is 14.4. The Morgan fingerprint density at radius 2 is 1.87 bits per heavy atom. The van der Waals surface area contributed by atoms with Crippen LogP contribution in [0.15, 0.2) is 42.5 Å². The number of piperazine rings is 1. The Labute approximate surface area is 174 Å². The quantitative estimate of drug-likeness (QED) is 0.575. The van der Waals surface area contributed by atoms with Gasteiger partial charge in [0.15, 0.2) is 5.75 Å². The van der Waals surface area contributed by atoms with E-state index in [1.807, 2.05) is 19.1 Å². The Morgan fingerprint density at radius 3 is 2.50 bits per heavy atom. The SMILES string of the molecule is COc1ccc(C(=O)NCC(=O)N2CCN(c3cccc(C)c3)CC2)cc1[N+](=O)[O-]. The van der Waals surface area contributed by atoms with Crippen molar-refractivity contribution < 1.29 is 19.2 Å². The summed E-state index contributed by atoms with van der Waals surface area (Å²) in [5.74, 6) is -0.665. The largest absolute Gasteiger partial charge is 0.490 e. The van der Waals surface area contributed by atoms with Crippen LogP contribution in [-0.2, 0) is 4.79 Å². The molecular weight excluding hydrogens is 388 g/mol. The predicted octanol–water partition coefficient (Wildman–Crippen LogP) is 1.99. The van der Waals surface area contributed by atoms with E-state index in [9.17, 15) is 19.7 Å². The minimum atomic E-state index is -0.617. The number of nitro benzene ring substituents is 1. The average Bonchev–Trinajstić information content (AvgIpc) is 2.76. The van der Waals surface area contributed by atoms with Gasteiger partial charge in [-0.1, -0.05) is 12.1 Å². The Balaban J connectivity index is 1.53. The molecular formula is C21H24N4O5. The lowest BCUT2D eigenvalue weighted by atomic mass is 10.1. The van der Waals surface area contributed by atoms with E-state index in [-0.39, 0.29) is 29.5 Å². The number of aryl methyl sites for hydroxylation is 1. The van der Waals surface area contributed by atoms with E-state index >= 15 is 0 Å². The van der Waals surface area contributed by atoms with Gasteiger partial charge >= 0.3 is 5.69 Å². The normalized spacial score (nSPS) is 13.7.